The van der Waals surface area contributed by atoms with E-state index in [1.54, 1.807) is 0 Å². The predicted molar refractivity (Wildman–Crippen MR) is 79.8 cm³/mol. The Morgan fingerprint density at radius 1 is 0.833 bits per heavy atom. The molecule has 1 nitrogen and oxygen atoms in total. The first kappa shape index (κ1) is 14.4. The number of rotatable bonds is 3. The summed E-state index contributed by atoms with van der Waals surface area (Å²) in [5.74, 6) is 1.93. The zero-order chi connectivity index (χ0) is 13.0. The molecule has 1 heteroatoms. The summed E-state index contributed by atoms with van der Waals surface area (Å²) in [4.78, 5) is 0. The molecule has 2 aliphatic carbocycles. The molecule has 0 heterocycles. The summed E-state index contributed by atoms with van der Waals surface area (Å²) in [6, 6.07) is 0.818. The van der Waals surface area contributed by atoms with Gasteiger partial charge >= 0.3 is 0 Å². The molecular weight excluding hydrogens is 218 g/mol. The number of hydrogen-bond acceptors (Lipinski definition) is 1. The zero-order valence-electron chi connectivity index (χ0n) is 12.8. The van der Waals surface area contributed by atoms with E-state index in [-0.39, 0.29) is 0 Å². The molecule has 106 valence electrons. The van der Waals surface area contributed by atoms with Crippen LogP contribution in [0.1, 0.15) is 78.6 Å². The second-order valence-electron chi connectivity index (χ2n) is 7.83. The van der Waals surface area contributed by atoms with Gasteiger partial charge < -0.3 is 5.32 Å². The van der Waals surface area contributed by atoms with Crippen LogP contribution >= 0.6 is 0 Å². The van der Waals surface area contributed by atoms with Crippen molar-refractivity contribution in [2.45, 2.75) is 84.6 Å². The van der Waals surface area contributed by atoms with Gasteiger partial charge in [0.15, 0.2) is 0 Å². The smallest absolute Gasteiger partial charge is 0.00672 e. The molecule has 0 aromatic heterocycles. The van der Waals surface area contributed by atoms with Gasteiger partial charge in [-0.05, 0) is 62.3 Å². The Morgan fingerprint density at radius 3 is 2.22 bits per heavy atom. The zero-order valence-corrected chi connectivity index (χ0v) is 12.8. The molecule has 2 unspecified atom stereocenters. The standard InChI is InChI=1S/C17H33N/c1-17(2,3)15-9-6-10-16(12-11-15)18-13-14-7-4-5-8-14/h14-16,18H,4-13H2,1-3H3. The van der Waals surface area contributed by atoms with E-state index in [0.717, 1.165) is 17.9 Å². The summed E-state index contributed by atoms with van der Waals surface area (Å²) < 4.78 is 0. The maximum absolute atomic E-state index is 3.88. The fourth-order valence-electron chi connectivity index (χ4n) is 3.92. The predicted octanol–water partition coefficient (Wildman–Crippen LogP) is 4.76. The van der Waals surface area contributed by atoms with Crippen molar-refractivity contribution >= 4 is 0 Å². The van der Waals surface area contributed by atoms with Crippen LogP contribution in [0, 0.1) is 17.3 Å². The van der Waals surface area contributed by atoms with Crippen molar-refractivity contribution in [3.63, 3.8) is 0 Å². The maximum atomic E-state index is 3.88. The van der Waals surface area contributed by atoms with Gasteiger partial charge in [-0.25, -0.2) is 0 Å². The second kappa shape index (κ2) is 6.41. The highest BCUT2D eigenvalue weighted by atomic mass is 14.9. The summed E-state index contributed by atoms with van der Waals surface area (Å²) in [7, 11) is 0. The van der Waals surface area contributed by atoms with Gasteiger partial charge in [0.2, 0.25) is 0 Å². The molecule has 0 radical (unpaired) electrons. The summed E-state index contributed by atoms with van der Waals surface area (Å²) in [6.07, 6.45) is 13.1. The molecule has 2 fully saturated rings. The lowest BCUT2D eigenvalue weighted by Crippen LogP contribution is -2.32. The van der Waals surface area contributed by atoms with Crippen molar-refractivity contribution in [3.8, 4) is 0 Å². The van der Waals surface area contributed by atoms with E-state index in [1.165, 1.54) is 64.3 Å². The first-order valence-corrected chi connectivity index (χ1v) is 8.29. The van der Waals surface area contributed by atoms with Crippen LogP contribution in [-0.4, -0.2) is 12.6 Å². The molecule has 0 aromatic carbocycles. The van der Waals surface area contributed by atoms with E-state index in [1.807, 2.05) is 0 Å². The van der Waals surface area contributed by atoms with E-state index in [2.05, 4.69) is 26.1 Å². The van der Waals surface area contributed by atoms with E-state index in [0.29, 0.717) is 5.41 Å². The van der Waals surface area contributed by atoms with Crippen LogP contribution in [0.25, 0.3) is 0 Å². The third-order valence-electron chi connectivity index (χ3n) is 5.36. The maximum Gasteiger partial charge on any atom is 0.00672 e. The molecule has 2 aliphatic rings. The molecule has 2 rings (SSSR count). The Balaban J connectivity index is 1.71. The first-order valence-electron chi connectivity index (χ1n) is 8.29. The Hall–Kier alpha value is -0.0400. The minimum atomic E-state index is 0.514. The average molecular weight is 251 g/mol. The summed E-state index contributed by atoms with van der Waals surface area (Å²) in [6.45, 7) is 8.56. The van der Waals surface area contributed by atoms with Gasteiger partial charge in [0, 0.05) is 6.04 Å². The van der Waals surface area contributed by atoms with E-state index >= 15 is 0 Å². The third kappa shape index (κ3) is 4.26. The molecule has 2 atom stereocenters. The van der Waals surface area contributed by atoms with Gasteiger partial charge in [-0.3, -0.25) is 0 Å². The lowest BCUT2D eigenvalue weighted by atomic mass is 9.76. The fourth-order valence-corrected chi connectivity index (χ4v) is 3.92. The van der Waals surface area contributed by atoms with E-state index in [4.69, 9.17) is 0 Å². The van der Waals surface area contributed by atoms with Gasteiger partial charge in [-0.2, -0.15) is 0 Å². The van der Waals surface area contributed by atoms with Crippen molar-refractivity contribution < 1.29 is 0 Å². The molecule has 0 aromatic rings. The molecular formula is C17H33N. The Labute approximate surface area is 114 Å². The van der Waals surface area contributed by atoms with Crippen molar-refractivity contribution in [2.75, 3.05) is 6.54 Å². The molecule has 1 N–H and O–H groups in total. The topological polar surface area (TPSA) is 12.0 Å². The minimum Gasteiger partial charge on any atom is -0.314 e. The van der Waals surface area contributed by atoms with Crippen molar-refractivity contribution in [3.05, 3.63) is 0 Å². The number of nitrogens with one attached hydrogen (secondary N) is 1. The Kier molecular flexibility index (Phi) is 5.12. The lowest BCUT2D eigenvalue weighted by molar-refractivity contribution is 0.213. The van der Waals surface area contributed by atoms with Crippen molar-refractivity contribution in [1.29, 1.82) is 0 Å². The monoisotopic (exact) mass is 251 g/mol. The molecule has 0 aliphatic heterocycles. The van der Waals surface area contributed by atoms with Gasteiger partial charge in [0.05, 0.1) is 0 Å². The minimum absolute atomic E-state index is 0.514. The quantitative estimate of drug-likeness (QED) is 0.713. The summed E-state index contributed by atoms with van der Waals surface area (Å²) in [5, 5.41) is 3.88. The highest BCUT2D eigenvalue weighted by Crippen LogP contribution is 2.36. The van der Waals surface area contributed by atoms with Crippen LogP contribution in [-0.2, 0) is 0 Å². The van der Waals surface area contributed by atoms with E-state index in [9.17, 15) is 0 Å². The Bertz CT molecular complexity index is 234. The van der Waals surface area contributed by atoms with Gasteiger partial charge in [0.1, 0.15) is 0 Å². The lowest BCUT2D eigenvalue weighted by Gasteiger charge is -2.29. The summed E-state index contributed by atoms with van der Waals surface area (Å²) in [5.41, 5.74) is 0.514. The molecule has 18 heavy (non-hydrogen) atoms. The SMILES string of the molecule is CC(C)(C)C1CCCC(NCC2CCCC2)CC1. The molecule has 0 saturated heterocycles. The van der Waals surface area contributed by atoms with Crippen molar-refractivity contribution in [1.82, 2.24) is 5.32 Å². The third-order valence-corrected chi connectivity index (χ3v) is 5.36. The molecule has 2 saturated carbocycles. The Morgan fingerprint density at radius 2 is 1.56 bits per heavy atom. The highest BCUT2D eigenvalue weighted by molar-refractivity contribution is 4.82. The molecule has 0 spiro atoms. The average Bonchev–Trinajstić information content (AvgIpc) is 2.69. The summed E-state index contributed by atoms with van der Waals surface area (Å²) >= 11 is 0. The highest BCUT2D eigenvalue weighted by Gasteiger charge is 2.28. The van der Waals surface area contributed by atoms with E-state index < -0.39 is 0 Å². The van der Waals surface area contributed by atoms with Gasteiger partial charge in [-0.15, -0.1) is 0 Å². The van der Waals surface area contributed by atoms with Crippen LogP contribution in [0.5, 0.6) is 0 Å². The van der Waals surface area contributed by atoms with Crippen LogP contribution in [0.4, 0.5) is 0 Å². The molecule has 0 bridgehead atoms. The van der Waals surface area contributed by atoms with Gasteiger partial charge in [-0.1, -0.05) is 40.0 Å². The van der Waals surface area contributed by atoms with Crippen LogP contribution in [0.2, 0.25) is 0 Å². The first-order chi connectivity index (χ1) is 8.55. The second-order valence-corrected chi connectivity index (χ2v) is 7.83. The largest absolute Gasteiger partial charge is 0.314 e. The van der Waals surface area contributed by atoms with Crippen molar-refractivity contribution in [2.24, 2.45) is 17.3 Å². The van der Waals surface area contributed by atoms with Crippen LogP contribution < -0.4 is 5.32 Å². The van der Waals surface area contributed by atoms with Crippen LogP contribution in [0.3, 0.4) is 0 Å². The van der Waals surface area contributed by atoms with Crippen LogP contribution in [0.15, 0.2) is 0 Å². The van der Waals surface area contributed by atoms with Gasteiger partial charge in [0.25, 0.3) is 0 Å². The molecule has 0 amide bonds. The normalized spacial score (nSPS) is 31.5. The fraction of sp³-hybridized carbons (Fsp3) is 1.00. The number of hydrogen-bond donors (Lipinski definition) is 1.